The van der Waals surface area contributed by atoms with E-state index in [0.29, 0.717) is 0 Å². The fourth-order valence-electron chi connectivity index (χ4n) is 1.37. The number of nitrogens with one attached hydrogen (secondary N) is 1. The molecular formula is C12H8Cl2N2O3S. The van der Waals surface area contributed by atoms with E-state index in [0.717, 1.165) is 6.07 Å². The number of pyridine rings is 1. The number of amides is 1. The molecule has 2 rings (SSSR count). The van der Waals surface area contributed by atoms with E-state index in [4.69, 9.17) is 23.2 Å². The number of carbonyl (C=O) groups is 1. The van der Waals surface area contributed by atoms with Crippen LogP contribution in [0.1, 0.15) is 10.5 Å². The minimum absolute atomic E-state index is 0.00358. The van der Waals surface area contributed by atoms with E-state index in [9.17, 15) is 13.2 Å². The maximum absolute atomic E-state index is 12.0. The summed E-state index contributed by atoms with van der Waals surface area (Å²) in [4.78, 5) is 15.4. The van der Waals surface area contributed by atoms with E-state index in [1.807, 2.05) is 4.72 Å². The summed E-state index contributed by atoms with van der Waals surface area (Å²) in [6, 6.07) is 8.35. The number of aromatic nitrogens is 1. The fraction of sp³-hybridized carbons (Fsp3) is 0. The molecule has 1 aromatic carbocycles. The highest BCUT2D eigenvalue weighted by atomic mass is 35.5. The van der Waals surface area contributed by atoms with Gasteiger partial charge < -0.3 is 0 Å². The molecule has 104 valence electrons. The van der Waals surface area contributed by atoms with Crippen LogP contribution >= 0.6 is 23.2 Å². The summed E-state index contributed by atoms with van der Waals surface area (Å²) in [7, 11) is -4.03. The van der Waals surface area contributed by atoms with Crippen molar-refractivity contribution in [1.29, 1.82) is 0 Å². The van der Waals surface area contributed by atoms with E-state index < -0.39 is 15.9 Å². The standard InChI is InChI=1S/C12H8Cl2N2O3S/c13-9-5-4-8(7-10(9)14)20(18,19)16-12(17)11-3-1-2-6-15-11/h1-7H,(H,16,17). The molecule has 0 spiro atoms. The lowest BCUT2D eigenvalue weighted by atomic mass is 10.3. The molecule has 1 amide bonds. The van der Waals surface area contributed by atoms with Gasteiger partial charge in [0, 0.05) is 6.20 Å². The third kappa shape index (κ3) is 3.27. The minimum Gasteiger partial charge on any atom is -0.266 e. The summed E-state index contributed by atoms with van der Waals surface area (Å²) in [6.45, 7) is 0. The molecular weight excluding hydrogens is 323 g/mol. The first-order chi connectivity index (χ1) is 9.40. The lowest BCUT2D eigenvalue weighted by molar-refractivity contribution is 0.0976. The summed E-state index contributed by atoms with van der Waals surface area (Å²) >= 11 is 11.5. The van der Waals surface area contributed by atoms with Gasteiger partial charge in [0.2, 0.25) is 0 Å². The van der Waals surface area contributed by atoms with E-state index >= 15 is 0 Å². The van der Waals surface area contributed by atoms with Crippen molar-refractivity contribution < 1.29 is 13.2 Å². The summed E-state index contributed by atoms with van der Waals surface area (Å²) in [5, 5.41) is 0.307. The van der Waals surface area contributed by atoms with Crippen molar-refractivity contribution in [3.05, 3.63) is 58.3 Å². The molecule has 0 aliphatic carbocycles. The Morgan fingerprint density at radius 1 is 1.10 bits per heavy atom. The number of nitrogens with zero attached hydrogens (tertiary/aromatic N) is 1. The Morgan fingerprint density at radius 3 is 2.45 bits per heavy atom. The van der Waals surface area contributed by atoms with Crippen molar-refractivity contribution in [2.45, 2.75) is 4.90 Å². The number of rotatable bonds is 3. The number of carbonyl (C=O) groups excluding carboxylic acids is 1. The molecule has 1 N–H and O–H groups in total. The molecule has 0 fully saturated rings. The molecule has 8 heteroatoms. The van der Waals surface area contributed by atoms with Crippen molar-refractivity contribution in [2.75, 3.05) is 0 Å². The van der Waals surface area contributed by atoms with Gasteiger partial charge in [-0.15, -0.1) is 0 Å². The van der Waals surface area contributed by atoms with Crippen LogP contribution in [0.25, 0.3) is 0 Å². The predicted molar refractivity (Wildman–Crippen MR) is 75.4 cm³/mol. The van der Waals surface area contributed by atoms with Gasteiger partial charge >= 0.3 is 0 Å². The number of hydrogen-bond donors (Lipinski definition) is 1. The van der Waals surface area contributed by atoms with Crippen molar-refractivity contribution in [1.82, 2.24) is 9.71 Å². The lowest BCUT2D eigenvalue weighted by Gasteiger charge is -2.07. The number of sulfonamides is 1. The molecule has 0 unspecified atom stereocenters. The van der Waals surface area contributed by atoms with Gasteiger partial charge in [-0.25, -0.2) is 13.1 Å². The van der Waals surface area contributed by atoms with Gasteiger partial charge in [0.25, 0.3) is 15.9 Å². The van der Waals surface area contributed by atoms with Crippen molar-refractivity contribution in [3.8, 4) is 0 Å². The van der Waals surface area contributed by atoms with Crippen LogP contribution in [0.3, 0.4) is 0 Å². The van der Waals surface area contributed by atoms with Crippen LogP contribution in [0.15, 0.2) is 47.5 Å². The first-order valence-corrected chi connectivity index (χ1v) is 7.57. The second kappa shape index (κ2) is 5.78. The van der Waals surface area contributed by atoms with Crippen LogP contribution in [-0.2, 0) is 10.0 Å². The van der Waals surface area contributed by atoms with E-state index in [1.54, 1.807) is 12.1 Å². The first-order valence-electron chi connectivity index (χ1n) is 5.33. The highest BCUT2D eigenvalue weighted by Gasteiger charge is 2.20. The van der Waals surface area contributed by atoms with Crippen LogP contribution < -0.4 is 4.72 Å². The van der Waals surface area contributed by atoms with Gasteiger partial charge in [-0.3, -0.25) is 9.78 Å². The summed E-state index contributed by atoms with van der Waals surface area (Å²) in [5.41, 5.74) is -0.00358. The molecule has 0 radical (unpaired) electrons. The van der Waals surface area contributed by atoms with Crippen LogP contribution in [0.5, 0.6) is 0 Å². The van der Waals surface area contributed by atoms with Crippen LogP contribution in [0, 0.1) is 0 Å². The Balaban J connectivity index is 2.27. The predicted octanol–water partition coefficient (Wildman–Crippen LogP) is 2.51. The van der Waals surface area contributed by atoms with Gasteiger partial charge in [0.05, 0.1) is 14.9 Å². The van der Waals surface area contributed by atoms with Crippen molar-refractivity contribution in [2.24, 2.45) is 0 Å². The third-order valence-electron chi connectivity index (χ3n) is 2.33. The van der Waals surface area contributed by atoms with Crippen molar-refractivity contribution >= 4 is 39.1 Å². The molecule has 0 bridgehead atoms. The molecule has 1 heterocycles. The number of benzene rings is 1. The van der Waals surface area contributed by atoms with Crippen LogP contribution in [0.4, 0.5) is 0 Å². The Labute approximate surface area is 125 Å². The second-order valence-electron chi connectivity index (χ2n) is 3.73. The zero-order valence-electron chi connectivity index (χ0n) is 9.88. The third-order valence-corrected chi connectivity index (χ3v) is 4.39. The normalized spacial score (nSPS) is 11.1. The van der Waals surface area contributed by atoms with E-state index in [2.05, 4.69) is 4.98 Å². The van der Waals surface area contributed by atoms with Crippen molar-refractivity contribution in [3.63, 3.8) is 0 Å². The maximum atomic E-state index is 12.0. The minimum atomic E-state index is -4.03. The molecule has 1 aromatic heterocycles. The zero-order valence-corrected chi connectivity index (χ0v) is 12.2. The van der Waals surface area contributed by atoms with Crippen LogP contribution in [-0.4, -0.2) is 19.3 Å². The molecule has 0 atom stereocenters. The Morgan fingerprint density at radius 2 is 1.85 bits per heavy atom. The first kappa shape index (κ1) is 14.8. The second-order valence-corrected chi connectivity index (χ2v) is 6.22. The van der Waals surface area contributed by atoms with E-state index in [-0.39, 0.29) is 20.6 Å². The van der Waals surface area contributed by atoms with Gasteiger partial charge in [0.1, 0.15) is 5.69 Å². The topological polar surface area (TPSA) is 76.1 Å². The van der Waals surface area contributed by atoms with Crippen LogP contribution in [0.2, 0.25) is 10.0 Å². The molecule has 20 heavy (non-hydrogen) atoms. The molecule has 5 nitrogen and oxygen atoms in total. The molecule has 0 aliphatic heterocycles. The number of hydrogen-bond acceptors (Lipinski definition) is 4. The zero-order chi connectivity index (χ0) is 14.8. The fourth-order valence-corrected chi connectivity index (χ4v) is 2.72. The summed E-state index contributed by atoms with van der Waals surface area (Å²) < 4.78 is 25.9. The summed E-state index contributed by atoms with van der Waals surface area (Å²) in [5.74, 6) is -0.823. The molecule has 0 saturated carbocycles. The largest absolute Gasteiger partial charge is 0.283 e. The highest BCUT2D eigenvalue weighted by Crippen LogP contribution is 2.24. The average molecular weight is 331 g/mol. The number of halogens is 2. The Hall–Kier alpha value is -1.63. The maximum Gasteiger partial charge on any atom is 0.283 e. The van der Waals surface area contributed by atoms with Gasteiger partial charge in [0.15, 0.2) is 0 Å². The monoisotopic (exact) mass is 330 g/mol. The highest BCUT2D eigenvalue weighted by molar-refractivity contribution is 7.90. The summed E-state index contributed by atoms with van der Waals surface area (Å²) in [6.07, 6.45) is 1.39. The Bertz CT molecular complexity index is 749. The SMILES string of the molecule is O=C(NS(=O)(=O)c1ccc(Cl)c(Cl)c1)c1ccccn1. The van der Waals surface area contributed by atoms with Gasteiger partial charge in [-0.1, -0.05) is 29.3 Å². The lowest BCUT2D eigenvalue weighted by Crippen LogP contribution is -2.31. The van der Waals surface area contributed by atoms with Gasteiger partial charge in [-0.05, 0) is 30.3 Å². The molecule has 0 saturated heterocycles. The quantitative estimate of drug-likeness (QED) is 0.938. The smallest absolute Gasteiger partial charge is 0.266 e. The Kier molecular flexibility index (Phi) is 4.27. The van der Waals surface area contributed by atoms with Gasteiger partial charge in [-0.2, -0.15) is 0 Å². The molecule has 2 aromatic rings. The average Bonchev–Trinajstić information content (AvgIpc) is 2.42. The molecule has 0 aliphatic rings. The van der Waals surface area contributed by atoms with E-state index in [1.165, 1.54) is 24.4 Å².